The zero-order chi connectivity index (χ0) is 18.4. The molecule has 0 bridgehead atoms. The molecule has 1 aromatic rings. The third kappa shape index (κ3) is 3.46. The maximum atomic E-state index is 11.7. The summed E-state index contributed by atoms with van der Waals surface area (Å²) in [6, 6.07) is 3.71. The van der Waals surface area contributed by atoms with Crippen LogP contribution in [0.4, 0.5) is 4.79 Å². The zero-order valence-corrected chi connectivity index (χ0v) is 16.3. The number of likely N-dealkylation sites (N-methyl/N-ethyl adjacent to an activating group) is 1. The first-order chi connectivity index (χ1) is 10.8. The van der Waals surface area contributed by atoms with Crippen molar-refractivity contribution in [2.45, 2.75) is 52.4 Å². The molecule has 0 radical (unpaired) electrons. The summed E-state index contributed by atoms with van der Waals surface area (Å²) in [6.45, 7) is 12.4. The Hall–Kier alpha value is -1.88. The summed E-state index contributed by atoms with van der Waals surface area (Å²) in [5, 5.41) is 13.4. The van der Waals surface area contributed by atoms with Crippen LogP contribution in [0.5, 0.6) is 5.75 Å². The fourth-order valence-electron chi connectivity index (χ4n) is 2.71. The first-order valence-electron chi connectivity index (χ1n) is 8.01. The molecule has 0 aliphatic carbocycles. The van der Waals surface area contributed by atoms with E-state index in [0.29, 0.717) is 16.4 Å². The molecular formula is C19H26N2O2S. The number of carbonyl (C=O) groups excluding carboxylic acids is 1. The van der Waals surface area contributed by atoms with Crippen LogP contribution in [0.2, 0.25) is 0 Å². The van der Waals surface area contributed by atoms with E-state index >= 15 is 0 Å². The maximum absolute atomic E-state index is 11.7. The van der Waals surface area contributed by atoms with E-state index in [4.69, 9.17) is 12.2 Å². The van der Waals surface area contributed by atoms with Crippen LogP contribution >= 0.6 is 12.2 Å². The highest BCUT2D eigenvalue weighted by atomic mass is 32.1. The van der Waals surface area contributed by atoms with Crippen LogP contribution in [0.25, 0.3) is 6.08 Å². The molecule has 1 aliphatic heterocycles. The molecule has 1 aliphatic rings. The Morgan fingerprint density at radius 1 is 1.08 bits per heavy atom. The molecule has 1 aromatic carbocycles. The van der Waals surface area contributed by atoms with Crippen molar-refractivity contribution in [3.05, 3.63) is 34.5 Å². The van der Waals surface area contributed by atoms with Gasteiger partial charge < -0.3 is 5.11 Å². The Morgan fingerprint density at radius 2 is 1.54 bits per heavy atom. The molecule has 0 aromatic heterocycles. The van der Waals surface area contributed by atoms with Crippen LogP contribution in [-0.2, 0) is 10.8 Å². The van der Waals surface area contributed by atoms with Crippen LogP contribution in [0.1, 0.15) is 58.2 Å². The van der Waals surface area contributed by atoms with Crippen LogP contribution in [0.3, 0.4) is 0 Å². The first kappa shape index (κ1) is 18.5. The minimum absolute atomic E-state index is 0.200. The molecule has 0 saturated carbocycles. The second-order valence-electron chi connectivity index (χ2n) is 8.31. The van der Waals surface area contributed by atoms with Crippen molar-refractivity contribution in [2.24, 2.45) is 0 Å². The zero-order valence-electron chi connectivity index (χ0n) is 15.4. The van der Waals surface area contributed by atoms with Crippen molar-refractivity contribution in [3.63, 3.8) is 0 Å². The van der Waals surface area contributed by atoms with Gasteiger partial charge in [0, 0.05) is 18.2 Å². The average molecular weight is 346 g/mol. The molecule has 1 fully saturated rings. The standard InChI is InChI=1S/C19H26N2O2S/c1-18(2,3)12-8-11(9-13(15(12)22)19(4,5)6)10-14-16(24)20-17(23)21(14)7/h8-10,22H,1-7H3,(H,20,23,24)/b14-10+. The van der Waals surface area contributed by atoms with E-state index in [-0.39, 0.29) is 16.9 Å². The summed E-state index contributed by atoms with van der Waals surface area (Å²) in [6.07, 6.45) is 1.89. The number of nitrogens with one attached hydrogen (secondary N) is 1. The lowest BCUT2D eigenvalue weighted by Crippen LogP contribution is -2.23. The average Bonchev–Trinajstić information content (AvgIpc) is 2.64. The molecule has 0 unspecified atom stereocenters. The van der Waals surface area contributed by atoms with E-state index in [0.717, 1.165) is 16.7 Å². The van der Waals surface area contributed by atoms with E-state index < -0.39 is 0 Å². The minimum atomic E-state index is -0.225. The second kappa shape index (κ2) is 5.88. The molecule has 24 heavy (non-hydrogen) atoms. The normalized spacial score (nSPS) is 17.6. The van der Waals surface area contributed by atoms with Crippen molar-refractivity contribution in [1.29, 1.82) is 0 Å². The molecular weight excluding hydrogens is 320 g/mol. The molecule has 0 atom stereocenters. The third-order valence-electron chi connectivity index (χ3n) is 4.17. The number of benzene rings is 1. The van der Waals surface area contributed by atoms with Gasteiger partial charge in [-0.3, -0.25) is 10.2 Å². The predicted molar refractivity (Wildman–Crippen MR) is 102 cm³/mol. The summed E-state index contributed by atoms with van der Waals surface area (Å²) in [7, 11) is 1.69. The van der Waals surface area contributed by atoms with Crippen molar-refractivity contribution >= 4 is 29.3 Å². The number of nitrogens with zero attached hydrogens (tertiary/aromatic N) is 1. The smallest absolute Gasteiger partial charge is 0.326 e. The van der Waals surface area contributed by atoms with E-state index in [9.17, 15) is 9.90 Å². The number of amides is 2. The summed E-state index contributed by atoms with van der Waals surface area (Å²) in [5.74, 6) is 0.341. The van der Waals surface area contributed by atoms with Gasteiger partial charge in [-0.05, 0) is 34.6 Å². The predicted octanol–water partition coefficient (Wildman–Crippen LogP) is 4.31. The van der Waals surface area contributed by atoms with Gasteiger partial charge in [0.05, 0.1) is 5.70 Å². The largest absolute Gasteiger partial charge is 0.507 e. The number of hydrogen-bond donors (Lipinski definition) is 2. The fourth-order valence-corrected chi connectivity index (χ4v) is 2.99. The van der Waals surface area contributed by atoms with Gasteiger partial charge in [-0.2, -0.15) is 0 Å². The SMILES string of the molecule is CN1C(=O)NC(=S)/C1=C\c1cc(C(C)(C)C)c(O)c(C(C)(C)C)c1. The van der Waals surface area contributed by atoms with Crippen molar-refractivity contribution in [2.75, 3.05) is 7.05 Å². The summed E-state index contributed by atoms with van der Waals surface area (Å²) < 4.78 is 0. The van der Waals surface area contributed by atoms with Gasteiger partial charge in [0.1, 0.15) is 10.7 Å². The highest BCUT2D eigenvalue weighted by molar-refractivity contribution is 7.80. The van der Waals surface area contributed by atoms with Crippen LogP contribution in [0.15, 0.2) is 17.8 Å². The first-order valence-corrected chi connectivity index (χ1v) is 8.42. The molecule has 130 valence electrons. The lowest BCUT2D eigenvalue weighted by atomic mass is 9.78. The highest BCUT2D eigenvalue weighted by Gasteiger charge is 2.29. The third-order valence-corrected chi connectivity index (χ3v) is 4.48. The van der Waals surface area contributed by atoms with Crippen LogP contribution in [0, 0.1) is 0 Å². The van der Waals surface area contributed by atoms with Crippen LogP contribution in [-0.4, -0.2) is 28.1 Å². The molecule has 2 rings (SSSR count). The van der Waals surface area contributed by atoms with Crippen LogP contribution < -0.4 is 5.32 Å². The van der Waals surface area contributed by atoms with Crippen molar-refractivity contribution in [1.82, 2.24) is 10.2 Å². The molecule has 2 N–H and O–H groups in total. The van der Waals surface area contributed by atoms with Crippen molar-refractivity contribution < 1.29 is 9.90 Å². The number of carbonyl (C=O) groups is 1. The molecule has 4 nitrogen and oxygen atoms in total. The molecule has 5 heteroatoms. The Bertz CT molecular complexity index is 702. The van der Waals surface area contributed by atoms with Gasteiger partial charge in [-0.15, -0.1) is 0 Å². The van der Waals surface area contributed by atoms with E-state index in [1.54, 1.807) is 7.05 Å². The van der Waals surface area contributed by atoms with Gasteiger partial charge in [0.2, 0.25) is 0 Å². The molecule has 1 saturated heterocycles. The van der Waals surface area contributed by atoms with E-state index in [1.807, 2.05) is 18.2 Å². The summed E-state index contributed by atoms with van der Waals surface area (Å²) in [4.78, 5) is 13.7. The maximum Gasteiger partial charge on any atom is 0.326 e. The summed E-state index contributed by atoms with van der Waals surface area (Å²) >= 11 is 5.24. The van der Waals surface area contributed by atoms with Crippen molar-refractivity contribution in [3.8, 4) is 5.75 Å². The number of phenols is 1. The summed E-state index contributed by atoms with van der Waals surface area (Å²) in [5.41, 5.74) is 2.95. The van der Waals surface area contributed by atoms with Gasteiger partial charge in [0.15, 0.2) is 0 Å². The van der Waals surface area contributed by atoms with E-state index in [1.165, 1.54) is 4.90 Å². The van der Waals surface area contributed by atoms with Gasteiger partial charge in [-0.1, -0.05) is 53.8 Å². The monoisotopic (exact) mass is 346 g/mol. The van der Waals surface area contributed by atoms with E-state index in [2.05, 4.69) is 46.9 Å². The number of urea groups is 1. The quantitative estimate of drug-likeness (QED) is 0.588. The highest BCUT2D eigenvalue weighted by Crippen LogP contribution is 2.40. The number of phenolic OH excluding ortho intramolecular Hbond substituents is 1. The minimum Gasteiger partial charge on any atom is -0.507 e. The topological polar surface area (TPSA) is 52.6 Å². The van der Waals surface area contributed by atoms with Gasteiger partial charge in [0.25, 0.3) is 0 Å². The molecule has 0 spiro atoms. The van der Waals surface area contributed by atoms with Gasteiger partial charge >= 0.3 is 6.03 Å². The Labute approximate surface area is 149 Å². The molecule has 2 amide bonds. The lowest BCUT2D eigenvalue weighted by molar-refractivity contribution is 0.230. The second-order valence-corrected chi connectivity index (χ2v) is 8.72. The number of aromatic hydroxyl groups is 1. The number of rotatable bonds is 1. The fraction of sp³-hybridized carbons (Fsp3) is 0.474. The molecule has 1 heterocycles. The van der Waals surface area contributed by atoms with Gasteiger partial charge in [-0.25, -0.2) is 4.79 Å². The Kier molecular flexibility index (Phi) is 4.53. The Morgan fingerprint density at radius 3 is 1.88 bits per heavy atom. The lowest BCUT2D eigenvalue weighted by Gasteiger charge is -2.28. The number of thiocarbonyl (C=S) groups is 1. The number of hydrogen-bond acceptors (Lipinski definition) is 3. The Balaban J connectivity index is 2.68.